The zero-order chi connectivity index (χ0) is 26.9. The Morgan fingerprint density at radius 1 is 0.919 bits per heavy atom. The first-order valence-corrected chi connectivity index (χ1v) is 11.1. The van der Waals surface area contributed by atoms with E-state index in [0.29, 0.717) is 0 Å². The molecule has 12 heteroatoms. The second kappa shape index (κ2) is 12.8. The molecule has 0 saturated carbocycles. The second-order valence-corrected chi connectivity index (χ2v) is 8.01. The first-order chi connectivity index (χ1) is 17.7. The number of nitrogens with zero attached hydrogens (tertiary/aromatic N) is 1. The number of amides is 3. The Hall–Kier alpha value is -3.96. The highest BCUT2D eigenvalue weighted by molar-refractivity contribution is 6.31. The van der Waals surface area contributed by atoms with Crippen LogP contribution in [0.2, 0.25) is 5.02 Å². The number of hydrogen-bond donors (Lipinski definition) is 2. The van der Waals surface area contributed by atoms with Crippen LogP contribution >= 0.6 is 11.6 Å². The van der Waals surface area contributed by atoms with Crippen molar-refractivity contribution in [2.75, 3.05) is 11.5 Å². The number of alkyl halides is 2. The Morgan fingerprint density at radius 3 is 2.30 bits per heavy atom. The largest absolute Gasteiger partial charge is 0.367 e. The van der Waals surface area contributed by atoms with Gasteiger partial charge in [0.15, 0.2) is 0 Å². The fourth-order valence-corrected chi connectivity index (χ4v) is 3.29. The summed E-state index contributed by atoms with van der Waals surface area (Å²) in [5.41, 5.74) is 3.96. The summed E-state index contributed by atoms with van der Waals surface area (Å²) in [5, 5.41) is -0.251. The summed E-state index contributed by atoms with van der Waals surface area (Å²) in [6.45, 7) is -0.563. The van der Waals surface area contributed by atoms with Gasteiger partial charge in [-0.05, 0) is 35.9 Å². The summed E-state index contributed by atoms with van der Waals surface area (Å²) >= 11 is 5.87. The van der Waals surface area contributed by atoms with Crippen molar-refractivity contribution in [2.45, 2.75) is 19.6 Å². The van der Waals surface area contributed by atoms with Gasteiger partial charge in [-0.3, -0.25) is 25.2 Å². The van der Waals surface area contributed by atoms with Gasteiger partial charge in [-0.25, -0.2) is 8.78 Å². The van der Waals surface area contributed by atoms with Crippen molar-refractivity contribution >= 4 is 35.0 Å². The normalized spacial score (nSPS) is 10.8. The fourth-order valence-electron chi connectivity index (χ4n) is 3.12. The van der Waals surface area contributed by atoms with Gasteiger partial charge in [0.05, 0.1) is 18.2 Å². The number of ether oxygens (including phenoxy) is 1. The third-order valence-electron chi connectivity index (χ3n) is 4.99. The molecule has 0 saturated heterocycles. The average molecular weight is 538 g/mol. The zero-order valence-electron chi connectivity index (χ0n) is 19.0. The third-order valence-corrected chi connectivity index (χ3v) is 5.28. The average Bonchev–Trinajstić information content (AvgIpc) is 2.88. The van der Waals surface area contributed by atoms with Gasteiger partial charge in [-0.15, -0.1) is 0 Å². The van der Waals surface area contributed by atoms with Crippen LogP contribution in [-0.2, 0) is 27.5 Å². The summed E-state index contributed by atoms with van der Waals surface area (Å²) in [6.07, 6.45) is -3.35. The van der Waals surface area contributed by atoms with Crippen LogP contribution < -0.4 is 15.8 Å². The Kier molecular flexibility index (Phi) is 9.58. The lowest BCUT2D eigenvalue weighted by molar-refractivity contribution is -0.132. The maximum absolute atomic E-state index is 14.9. The molecule has 0 aliphatic carbocycles. The van der Waals surface area contributed by atoms with Crippen LogP contribution in [0.5, 0.6) is 0 Å². The SMILES string of the molecule is O=C(NNC(=O)C(F)F)c1ccc(CN(C(=O)COCc2ccccc2)c2ccc(F)c(Cl)c2)c(F)c1. The number of carbonyl (C=O) groups excluding carboxylic acids is 3. The Balaban J connectivity index is 1.76. The van der Waals surface area contributed by atoms with Gasteiger partial charge in [0.1, 0.15) is 18.2 Å². The van der Waals surface area contributed by atoms with E-state index < -0.39 is 35.8 Å². The Labute approximate surface area is 213 Å². The van der Waals surface area contributed by atoms with E-state index in [1.165, 1.54) is 29.7 Å². The number of benzene rings is 3. The topological polar surface area (TPSA) is 87.7 Å². The van der Waals surface area contributed by atoms with Crippen LogP contribution in [0.4, 0.5) is 23.2 Å². The first kappa shape index (κ1) is 27.6. The van der Waals surface area contributed by atoms with Crippen molar-refractivity contribution in [1.82, 2.24) is 10.9 Å². The Morgan fingerprint density at radius 2 is 1.65 bits per heavy atom. The summed E-state index contributed by atoms with van der Waals surface area (Å²) in [5.74, 6) is -4.95. The molecule has 7 nitrogen and oxygen atoms in total. The molecule has 3 amide bonds. The molecule has 3 aromatic rings. The van der Waals surface area contributed by atoms with E-state index in [0.717, 1.165) is 22.6 Å². The highest BCUT2D eigenvalue weighted by Gasteiger charge is 2.21. The van der Waals surface area contributed by atoms with Crippen molar-refractivity contribution in [1.29, 1.82) is 0 Å². The lowest BCUT2D eigenvalue weighted by Gasteiger charge is -2.24. The van der Waals surface area contributed by atoms with Crippen molar-refractivity contribution in [3.8, 4) is 0 Å². The highest BCUT2D eigenvalue weighted by atomic mass is 35.5. The molecule has 194 valence electrons. The summed E-state index contributed by atoms with van der Waals surface area (Å²) in [6, 6.07) is 15.8. The van der Waals surface area contributed by atoms with Crippen LogP contribution in [0, 0.1) is 11.6 Å². The molecule has 37 heavy (non-hydrogen) atoms. The summed E-state index contributed by atoms with van der Waals surface area (Å²) in [7, 11) is 0. The molecule has 3 aromatic carbocycles. The van der Waals surface area contributed by atoms with Crippen molar-refractivity contribution in [2.24, 2.45) is 0 Å². The second-order valence-electron chi connectivity index (χ2n) is 7.61. The van der Waals surface area contributed by atoms with E-state index in [1.54, 1.807) is 5.43 Å². The molecule has 2 N–H and O–H groups in total. The van der Waals surface area contributed by atoms with Gasteiger partial charge in [0.2, 0.25) is 0 Å². The fraction of sp³-hybridized carbons (Fsp3) is 0.160. The van der Waals surface area contributed by atoms with Crippen molar-refractivity contribution in [3.05, 3.63) is 100 Å². The number of carbonyl (C=O) groups is 3. The van der Waals surface area contributed by atoms with E-state index in [4.69, 9.17) is 16.3 Å². The van der Waals surface area contributed by atoms with E-state index in [1.807, 2.05) is 30.3 Å². The van der Waals surface area contributed by atoms with Gasteiger partial charge in [-0.2, -0.15) is 8.78 Å². The van der Waals surface area contributed by atoms with E-state index in [2.05, 4.69) is 0 Å². The van der Waals surface area contributed by atoms with Crippen molar-refractivity contribution < 1.29 is 36.7 Å². The maximum atomic E-state index is 14.9. The minimum atomic E-state index is -3.35. The predicted molar refractivity (Wildman–Crippen MR) is 127 cm³/mol. The van der Waals surface area contributed by atoms with Crippen LogP contribution in [-0.4, -0.2) is 30.8 Å². The van der Waals surface area contributed by atoms with E-state index in [9.17, 15) is 31.9 Å². The lowest BCUT2D eigenvalue weighted by Crippen LogP contribution is -2.44. The minimum Gasteiger partial charge on any atom is -0.367 e. The number of anilines is 1. The van der Waals surface area contributed by atoms with Crippen LogP contribution in [0.1, 0.15) is 21.5 Å². The van der Waals surface area contributed by atoms with Gasteiger partial charge < -0.3 is 9.64 Å². The van der Waals surface area contributed by atoms with Crippen LogP contribution in [0.15, 0.2) is 66.7 Å². The van der Waals surface area contributed by atoms with Gasteiger partial charge >= 0.3 is 12.3 Å². The Bertz CT molecular complexity index is 1280. The van der Waals surface area contributed by atoms with Gasteiger partial charge in [0, 0.05) is 16.8 Å². The quantitative estimate of drug-likeness (QED) is 0.313. The summed E-state index contributed by atoms with van der Waals surface area (Å²) < 4.78 is 58.5. The molecule has 0 aliphatic rings. The molecule has 0 unspecified atom stereocenters. The molecular weight excluding hydrogens is 518 g/mol. The molecule has 0 heterocycles. The molecule has 3 rings (SSSR count). The maximum Gasteiger partial charge on any atom is 0.317 e. The molecule has 0 radical (unpaired) electrons. The van der Waals surface area contributed by atoms with E-state index >= 15 is 0 Å². The highest BCUT2D eigenvalue weighted by Crippen LogP contribution is 2.25. The lowest BCUT2D eigenvalue weighted by atomic mass is 10.1. The minimum absolute atomic E-state index is 0.0231. The zero-order valence-corrected chi connectivity index (χ0v) is 19.8. The molecule has 0 spiro atoms. The molecule has 0 aromatic heterocycles. The van der Waals surface area contributed by atoms with Crippen molar-refractivity contribution in [3.63, 3.8) is 0 Å². The smallest absolute Gasteiger partial charge is 0.317 e. The van der Waals surface area contributed by atoms with Gasteiger partial charge in [-0.1, -0.05) is 48.0 Å². The number of hydrazine groups is 1. The number of halogens is 5. The summed E-state index contributed by atoms with van der Waals surface area (Å²) in [4.78, 5) is 37.1. The first-order valence-electron chi connectivity index (χ1n) is 10.7. The van der Waals surface area contributed by atoms with Crippen LogP contribution in [0.3, 0.4) is 0 Å². The van der Waals surface area contributed by atoms with Crippen LogP contribution in [0.25, 0.3) is 0 Å². The molecule has 0 fully saturated rings. The van der Waals surface area contributed by atoms with E-state index in [-0.39, 0.29) is 41.6 Å². The molecule has 0 bridgehead atoms. The number of nitrogens with one attached hydrogen (secondary N) is 2. The monoisotopic (exact) mass is 537 g/mol. The number of hydrogen-bond acceptors (Lipinski definition) is 4. The molecule has 0 aliphatic heterocycles. The third kappa shape index (κ3) is 7.76. The predicted octanol–water partition coefficient (Wildman–Crippen LogP) is 4.39. The molecular formula is C25H20ClF4N3O4. The molecule has 0 atom stereocenters. The standard InChI is InChI=1S/C25H20ClF4N3O4/c26-19-11-18(8-9-20(19)27)33(22(34)14-37-13-15-4-2-1-3-5-15)12-17-7-6-16(10-21(17)28)24(35)31-32-25(36)23(29)30/h1-11,23H,12-14H2,(H,31,35)(H,32,36). The number of rotatable bonds is 9. The van der Waals surface area contributed by atoms with Gasteiger partial charge in [0.25, 0.3) is 11.8 Å².